The van der Waals surface area contributed by atoms with Crippen molar-refractivity contribution in [1.82, 2.24) is 10.2 Å². The number of rotatable bonds is 5. The Kier molecular flexibility index (Phi) is 6.01. The number of hydrogen-bond donors (Lipinski definition) is 1. The molecule has 3 rings (SSSR count). The molecule has 27 heavy (non-hydrogen) atoms. The zero-order chi connectivity index (χ0) is 19.6. The highest BCUT2D eigenvalue weighted by Gasteiger charge is 2.31. The van der Waals surface area contributed by atoms with E-state index in [1.54, 1.807) is 0 Å². The van der Waals surface area contributed by atoms with Crippen LogP contribution in [0.2, 0.25) is 0 Å². The largest absolute Gasteiger partial charge is 0.430 e. The number of nitro groups is 1. The van der Waals surface area contributed by atoms with E-state index in [-0.39, 0.29) is 11.1 Å². The molecule has 0 aromatic heterocycles. The number of aryl methyl sites for hydroxylation is 3. The Morgan fingerprint density at radius 1 is 1.44 bits per heavy atom. The fraction of sp³-hybridized carbons (Fsp3) is 0.471. The lowest BCUT2D eigenvalue weighted by Crippen LogP contribution is -2.30. The van der Waals surface area contributed by atoms with Gasteiger partial charge in [-0.1, -0.05) is 41.1 Å². The molecule has 1 unspecified atom stereocenters. The summed E-state index contributed by atoms with van der Waals surface area (Å²) in [5.41, 5.74) is 3.66. The average molecular weight is 409 g/mol. The van der Waals surface area contributed by atoms with Gasteiger partial charge >= 0.3 is 5.82 Å². The van der Waals surface area contributed by atoms with Crippen molar-refractivity contribution in [2.24, 2.45) is 15.2 Å². The van der Waals surface area contributed by atoms with Crippen molar-refractivity contribution in [2.75, 3.05) is 26.2 Å². The van der Waals surface area contributed by atoms with Crippen LogP contribution in [0.3, 0.4) is 0 Å². The molecule has 8 nitrogen and oxygen atoms in total. The summed E-state index contributed by atoms with van der Waals surface area (Å²) in [4.78, 5) is 17.3. The number of aliphatic imine (C=N–C) groups is 1. The van der Waals surface area contributed by atoms with E-state index in [0.717, 1.165) is 16.7 Å². The molecule has 1 N–H and O–H groups in total. The van der Waals surface area contributed by atoms with Crippen LogP contribution in [0.5, 0.6) is 0 Å². The maximum Gasteiger partial charge on any atom is 0.430 e. The Bertz CT molecular complexity index is 831. The molecule has 0 radical (unpaired) electrons. The summed E-state index contributed by atoms with van der Waals surface area (Å²) in [6.07, 6.45) is 0. The summed E-state index contributed by atoms with van der Waals surface area (Å²) in [7, 11) is 0. The smallest absolute Gasteiger partial charge is 0.363 e. The normalized spacial score (nSPS) is 21.6. The predicted molar refractivity (Wildman–Crippen MR) is 108 cm³/mol. The molecule has 0 spiro atoms. The first kappa shape index (κ1) is 19.6. The molecule has 1 atom stereocenters. The standard InChI is InChI=1S/C17H21ClN6O2S/c1-10-6-11(2)14(12(3)7-10)21-22-16(24(25)26)15-19-4-5-23(15)9-13-8-20-17(18)27-13/h6-7,13,19H,4-5,8-9H2,1-3H3/b16-15+,22-21+. The van der Waals surface area contributed by atoms with Gasteiger partial charge in [-0.15, -0.1) is 0 Å². The Hall–Kier alpha value is -2.13. The summed E-state index contributed by atoms with van der Waals surface area (Å²) in [5.74, 6) is 0.122. The molecule has 1 saturated heterocycles. The second-order valence-electron chi connectivity index (χ2n) is 6.58. The molecule has 10 heteroatoms. The van der Waals surface area contributed by atoms with Gasteiger partial charge in [-0.3, -0.25) is 4.99 Å². The molecular weight excluding hydrogens is 388 g/mol. The van der Waals surface area contributed by atoms with Crippen molar-refractivity contribution in [1.29, 1.82) is 0 Å². The Labute approximate surface area is 166 Å². The van der Waals surface area contributed by atoms with Gasteiger partial charge in [0.25, 0.3) is 0 Å². The van der Waals surface area contributed by atoms with Gasteiger partial charge in [0.15, 0.2) is 4.50 Å². The lowest BCUT2D eigenvalue weighted by atomic mass is 10.1. The molecule has 2 heterocycles. The van der Waals surface area contributed by atoms with Gasteiger partial charge in [-0.25, -0.2) is 0 Å². The number of halogens is 1. The minimum atomic E-state index is -0.492. The maximum absolute atomic E-state index is 11.6. The van der Waals surface area contributed by atoms with Crippen molar-refractivity contribution in [3.05, 3.63) is 50.6 Å². The predicted octanol–water partition coefficient (Wildman–Crippen LogP) is 3.71. The zero-order valence-corrected chi connectivity index (χ0v) is 17.0. The van der Waals surface area contributed by atoms with Crippen molar-refractivity contribution in [3.8, 4) is 0 Å². The number of thioether (sulfide) groups is 1. The van der Waals surface area contributed by atoms with Crippen LogP contribution in [-0.4, -0.2) is 45.8 Å². The van der Waals surface area contributed by atoms with E-state index in [9.17, 15) is 10.1 Å². The quantitative estimate of drug-likeness (QED) is 0.455. The van der Waals surface area contributed by atoms with Crippen LogP contribution in [-0.2, 0) is 0 Å². The molecule has 2 aliphatic rings. The number of nitrogens with zero attached hydrogens (tertiary/aromatic N) is 5. The highest BCUT2D eigenvalue weighted by atomic mass is 35.5. The first-order valence-corrected chi connectivity index (χ1v) is 9.84. The van der Waals surface area contributed by atoms with Crippen LogP contribution in [0.25, 0.3) is 0 Å². The highest BCUT2D eigenvalue weighted by Crippen LogP contribution is 2.28. The van der Waals surface area contributed by atoms with Gasteiger partial charge < -0.3 is 20.3 Å². The summed E-state index contributed by atoms with van der Waals surface area (Å²) in [6, 6.07) is 3.98. The van der Waals surface area contributed by atoms with Crippen molar-refractivity contribution in [3.63, 3.8) is 0 Å². The molecule has 1 fully saturated rings. The first-order valence-electron chi connectivity index (χ1n) is 8.59. The summed E-state index contributed by atoms with van der Waals surface area (Å²) < 4.78 is 0.539. The van der Waals surface area contributed by atoms with Crippen LogP contribution >= 0.6 is 23.4 Å². The van der Waals surface area contributed by atoms with Gasteiger partial charge in [-0.2, -0.15) is 0 Å². The van der Waals surface area contributed by atoms with Crippen LogP contribution in [0.15, 0.2) is 39.0 Å². The van der Waals surface area contributed by atoms with Gasteiger partial charge in [0, 0.05) is 24.9 Å². The third kappa shape index (κ3) is 4.59. The van der Waals surface area contributed by atoms with Gasteiger partial charge in [0.2, 0.25) is 5.82 Å². The molecule has 1 aromatic carbocycles. The molecule has 144 valence electrons. The topological polar surface area (TPSA) is 95.5 Å². The molecule has 1 aromatic rings. The molecular formula is C17H21ClN6O2S. The second kappa shape index (κ2) is 8.26. The van der Waals surface area contributed by atoms with E-state index < -0.39 is 4.92 Å². The van der Waals surface area contributed by atoms with Crippen molar-refractivity contribution in [2.45, 2.75) is 26.0 Å². The monoisotopic (exact) mass is 408 g/mol. The van der Waals surface area contributed by atoms with Crippen molar-refractivity contribution >= 4 is 33.6 Å². The molecule has 2 aliphatic heterocycles. The molecule has 0 aliphatic carbocycles. The van der Waals surface area contributed by atoms with E-state index in [1.807, 2.05) is 37.8 Å². The zero-order valence-electron chi connectivity index (χ0n) is 15.4. The molecule has 0 saturated carbocycles. The fourth-order valence-corrected chi connectivity index (χ4v) is 4.53. The second-order valence-corrected chi connectivity index (χ2v) is 8.45. The Morgan fingerprint density at radius 3 is 2.74 bits per heavy atom. The first-order chi connectivity index (χ1) is 12.8. The van der Waals surface area contributed by atoms with E-state index >= 15 is 0 Å². The van der Waals surface area contributed by atoms with E-state index in [1.165, 1.54) is 11.8 Å². The fourth-order valence-electron chi connectivity index (χ4n) is 3.26. The minimum absolute atomic E-state index is 0.180. The van der Waals surface area contributed by atoms with E-state index in [4.69, 9.17) is 11.6 Å². The molecule has 0 amide bonds. The summed E-state index contributed by atoms with van der Waals surface area (Å²) in [5, 5.41) is 23.1. The number of benzene rings is 1. The Balaban J connectivity index is 1.86. The van der Waals surface area contributed by atoms with E-state index in [2.05, 4.69) is 20.5 Å². The van der Waals surface area contributed by atoms with Gasteiger partial charge in [0.1, 0.15) is 5.69 Å². The van der Waals surface area contributed by atoms with Gasteiger partial charge in [0.05, 0.1) is 11.7 Å². The maximum atomic E-state index is 11.6. The number of hydrogen-bond acceptors (Lipinski definition) is 8. The van der Waals surface area contributed by atoms with Crippen LogP contribution < -0.4 is 5.32 Å². The third-order valence-corrected chi connectivity index (χ3v) is 5.70. The lowest BCUT2D eigenvalue weighted by Gasteiger charge is -2.20. The minimum Gasteiger partial charge on any atom is -0.363 e. The number of nitrogens with one attached hydrogen (secondary N) is 1. The summed E-state index contributed by atoms with van der Waals surface area (Å²) >= 11 is 7.41. The highest BCUT2D eigenvalue weighted by molar-refractivity contribution is 8.17. The van der Waals surface area contributed by atoms with Crippen LogP contribution in [0.4, 0.5) is 5.69 Å². The van der Waals surface area contributed by atoms with Crippen LogP contribution in [0, 0.1) is 30.9 Å². The Morgan fingerprint density at radius 2 is 2.15 bits per heavy atom. The SMILES string of the molecule is Cc1cc(C)c(/N=N/C(=C2/NCCN2CC2CN=C(Cl)S2)[N+](=O)[O-])c(C)c1. The number of azo groups is 1. The average Bonchev–Trinajstić information content (AvgIpc) is 3.19. The van der Waals surface area contributed by atoms with Crippen molar-refractivity contribution < 1.29 is 4.92 Å². The lowest BCUT2D eigenvalue weighted by molar-refractivity contribution is -0.429. The van der Waals surface area contributed by atoms with E-state index in [0.29, 0.717) is 42.2 Å². The van der Waals surface area contributed by atoms with Crippen LogP contribution in [0.1, 0.15) is 16.7 Å². The summed E-state index contributed by atoms with van der Waals surface area (Å²) in [6.45, 7) is 8.37. The van der Waals surface area contributed by atoms with Gasteiger partial charge in [-0.05, 0) is 41.9 Å². The third-order valence-electron chi connectivity index (χ3n) is 4.36. The molecule has 0 bridgehead atoms.